The van der Waals surface area contributed by atoms with E-state index in [1.165, 1.54) is 30.4 Å². The van der Waals surface area contributed by atoms with E-state index in [0.29, 0.717) is 6.54 Å². The highest BCUT2D eigenvalue weighted by Gasteiger charge is 2.14. The van der Waals surface area contributed by atoms with Crippen LogP contribution in [0.5, 0.6) is 5.75 Å². The number of hydrogen-bond donors (Lipinski definition) is 1. The van der Waals surface area contributed by atoms with Crippen LogP contribution >= 0.6 is 0 Å². The third kappa shape index (κ3) is 4.02. The van der Waals surface area contributed by atoms with E-state index in [1.54, 1.807) is 12.3 Å². The molecule has 3 rings (SSSR count). The first-order valence-corrected chi connectivity index (χ1v) is 8.32. The lowest BCUT2D eigenvalue weighted by molar-refractivity contribution is 0.215. The average Bonchev–Trinajstić information content (AvgIpc) is 2.55. The molecule has 122 valence electrons. The van der Waals surface area contributed by atoms with Crippen molar-refractivity contribution in [1.82, 2.24) is 9.47 Å². The molecule has 0 amide bonds. The van der Waals surface area contributed by atoms with E-state index in [-0.39, 0.29) is 11.2 Å². The van der Waals surface area contributed by atoms with Gasteiger partial charge < -0.3 is 9.67 Å². The molecule has 0 radical (unpaired) electrons. The number of aromatic nitrogens is 1. The molecular weight excluding hydrogens is 288 g/mol. The van der Waals surface area contributed by atoms with Crippen LogP contribution in [0.2, 0.25) is 0 Å². The van der Waals surface area contributed by atoms with Crippen LogP contribution in [0, 0.1) is 6.92 Å². The first-order chi connectivity index (χ1) is 11.1. The highest BCUT2D eigenvalue weighted by Crippen LogP contribution is 2.15. The summed E-state index contributed by atoms with van der Waals surface area (Å²) in [7, 11) is 0. The van der Waals surface area contributed by atoms with Crippen LogP contribution in [-0.4, -0.2) is 27.7 Å². The molecule has 1 aliphatic heterocycles. The zero-order valence-corrected chi connectivity index (χ0v) is 13.7. The van der Waals surface area contributed by atoms with Crippen molar-refractivity contribution in [2.45, 2.75) is 39.3 Å². The molecule has 4 heteroatoms. The molecule has 2 aromatic rings. The Labute approximate surface area is 137 Å². The van der Waals surface area contributed by atoms with Crippen molar-refractivity contribution in [3.05, 3.63) is 63.6 Å². The fourth-order valence-electron chi connectivity index (χ4n) is 3.12. The summed E-state index contributed by atoms with van der Waals surface area (Å²) in [4.78, 5) is 14.2. The molecule has 1 aromatic carbocycles. The minimum absolute atomic E-state index is 0.181. The molecular formula is C19H24N2O2. The van der Waals surface area contributed by atoms with Gasteiger partial charge in [-0.05, 0) is 38.4 Å². The number of hydrogen-bond acceptors (Lipinski definition) is 3. The SMILES string of the molecule is Cc1ccc(Cn2cc(O)c(=O)cc2CN2CCCCC2)cc1. The highest BCUT2D eigenvalue weighted by atomic mass is 16.3. The number of pyridine rings is 1. The smallest absolute Gasteiger partial charge is 0.223 e. The normalized spacial score (nSPS) is 15.7. The van der Waals surface area contributed by atoms with Gasteiger partial charge >= 0.3 is 0 Å². The van der Waals surface area contributed by atoms with Crippen molar-refractivity contribution in [1.29, 1.82) is 0 Å². The quantitative estimate of drug-likeness (QED) is 0.944. The monoisotopic (exact) mass is 312 g/mol. The van der Waals surface area contributed by atoms with Crippen LogP contribution in [0.15, 0.2) is 41.3 Å². The minimum Gasteiger partial charge on any atom is -0.503 e. The van der Waals surface area contributed by atoms with Gasteiger partial charge in [-0.3, -0.25) is 9.69 Å². The topological polar surface area (TPSA) is 45.5 Å². The Bertz CT molecular complexity index is 713. The molecule has 23 heavy (non-hydrogen) atoms. The van der Waals surface area contributed by atoms with Crippen LogP contribution in [0.4, 0.5) is 0 Å². The lowest BCUT2D eigenvalue weighted by Crippen LogP contribution is -2.31. The van der Waals surface area contributed by atoms with Crippen molar-refractivity contribution < 1.29 is 5.11 Å². The zero-order valence-electron chi connectivity index (χ0n) is 13.7. The molecule has 1 aliphatic rings. The molecule has 1 fully saturated rings. The zero-order chi connectivity index (χ0) is 16.2. The van der Waals surface area contributed by atoms with Crippen molar-refractivity contribution in [2.75, 3.05) is 13.1 Å². The van der Waals surface area contributed by atoms with Crippen molar-refractivity contribution in [3.8, 4) is 5.75 Å². The van der Waals surface area contributed by atoms with Gasteiger partial charge in [0.05, 0.1) is 6.20 Å². The van der Waals surface area contributed by atoms with E-state index in [1.807, 2.05) is 4.57 Å². The predicted octanol–water partition coefficient (Wildman–Crippen LogP) is 2.90. The maximum Gasteiger partial charge on any atom is 0.223 e. The molecule has 0 bridgehead atoms. The molecule has 1 N–H and O–H groups in total. The van der Waals surface area contributed by atoms with E-state index >= 15 is 0 Å². The number of rotatable bonds is 4. The first-order valence-electron chi connectivity index (χ1n) is 8.32. The van der Waals surface area contributed by atoms with E-state index in [2.05, 4.69) is 36.1 Å². The standard InChI is InChI=1S/C19H24N2O2/c1-15-5-7-16(8-6-15)12-21-14-19(23)18(22)11-17(21)13-20-9-3-2-4-10-20/h5-8,11,14,23H,2-4,9-10,12-13H2,1H3. The Hall–Kier alpha value is -2.07. The predicted molar refractivity (Wildman–Crippen MR) is 91.8 cm³/mol. The van der Waals surface area contributed by atoms with E-state index in [0.717, 1.165) is 25.3 Å². The summed E-state index contributed by atoms with van der Waals surface area (Å²) >= 11 is 0. The molecule has 0 aliphatic carbocycles. The summed E-state index contributed by atoms with van der Waals surface area (Å²) in [5.41, 5.74) is 3.07. The van der Waals surface area contributed by atoms with Gasteiger partial charge in [0, 0.05) is 24.8 Å². The van der Waals surface area contributed by atoms with Crippen molar-refractivity contribution >= 4 is 0 Å². The molecule has 4 nitrogen and oxygen atoms in total. The average molecular weight is 312 g/mol. The summed E-state index contributed by atoms with van der Waals surface area (Å²) in [5.74, 6) is -0.181. The second-order valence-electron chi connectivity index (χ2n) is 6.46. The Morgan fingerprint density at radius 2 is 1.74 bits per heavy atom. The van der Waals surface area contributed by atoms with Crippen LogP contribution in [0.25, 0.3) is 0 Å². The molecule has 1 saturated heterocycles. The van der Waals surface area contributed by atoms with Crippen LogP contribution in [0.1, 0.15) is 36.1 Å². The fraction of sp³-hybridized carbons (Fsp3) is 0.421. The Morgan fingerprint density at radius 1 is 1.04 bits per heavy atom. The summed E-state index contributed by atoms with van der Waals surface area (Å²) in [6, 6.07) is 9.94. The fourth-order valence-corrected chi connectivity index (χ4v) is 3.12. The van der Waals surface area contributed by atoms with Gasteiger partial charge in [-0.2, -0.15) is 0 Å². The van der Waals surface area contributed by atoms with Gasteiger partial charge in [0.1, 0.15) is 0 Å². The number of piperidine rings is 1. The molecule has 0 atom stereocenters. The maximum atomic E-state index is 11.8. The summed E-state index contributed by atoms with van der Waals surface area (Å²) < 4.78 is 2.00. The largest absolute Gasteiger partial charge is 0.503 e. The lowest BCUT2D eigenvalue weighted by atomic mass is 10.1. The van der Waals surface area contributed by atoms with Gasteiger partial charge in [0.2, 0.25) is 5.43 Å². The second kappa shape index (κ2) is 7.01. The third-order valence-electron chi connectivity index (χ3n) is 4.51. The number of aryl methyl sites for hydroxylation is 1. The van der Waals surface area contributed by atoms with Gasteiger partial charge in [0.25, 0.3) is 0 Å². The number of benzene rings is 1. The number of aromatic hydroxyl groups is 1. The van der Waals surface area contributed by atoms with Gasteiger partial charge in [-0.15, -0.1) is 0 Å². The van der Waals surface area contributed by atoms with Crippen molar-refractivity contribution in [3.63, 3.8) is 0 Å². The van der Waals surface area contributed by atoms with Gasteiger partial charge in [-0.1, -0.05) is 36.2 Å². The van der Waals surface area contributed by atoms with E-state index < -0.39 is 0 Å². The van der Waals surface area contributed by atoms with Crippen molar-refractivity contribution in [2.24, 2.45) is 0 Å². The highest BCUT2D eigenvalue weighted by molar-refractivity contribution is 5.25. The Morgan fingerprint density at radius 3 is 2.43 bits per heavy atom. The second-order valence-corrected chi connectivity index (χ2v) is 6.46. The summed E-state index contributed by atoms with van der Waals surface area (Å²) in [5, 5.41) is 9.81. The molecule has 1 aromatic heterocycles. The lowest BCUT2D eigenvalue weighted by Gasteiger charge is -2.27. The van der Waals surface area contributed by atoms with Crippen LogP contribution in [-0.2, 0) is 13.1 Å². The number of likely N-dealkylation sites (tertiary alicyclic amines) is 1. The van der Waals surface area contributed by atoms with Gasteiger partial charge in [-0.25, -0.2) is 0 Å². The molecule has 0 spiro atoms. The third-order valence-corrected chi connectivity index (χ3v) is 4.51. The van der Waals surface area contributed by atoms with Crippen LogP contribution in [0.3, 0.4) is 0 Å². The molecule has 0 saturated carbocycles. The first kappa shape index (κ1) is 15.8. The summed E-state index contributed by atoms with van der Waals surface area (Å²) in [6.07, 6.45) is 5.31. The Balaban J connectivity index is 1.86. The Kier molecular flexibility index (Phi) is 4.82. The number of nitrogens with zero attached hydrogens (tertiary/aromatic N) is 2. The van der Waals surface area contributed by atoms with E-state index in [4.69, 9.17) is 0 Å². The minimum atomic E-state index is -0.294. The molecule has 2 heterocycles. The van der Waals surface area contributed by atoms with E-state index in [9.17, 15) is 9.90 Å². The molecule has 0 unspecified atom stereocenters. The van der Waals surface area contributed by atoms with Crippen LogP contribution < -0.4 is 5.43 Å². The summed E-state index contributed by atoms with van der Waals surface area (Å²) in [6.45, 7) is 5.66. The maximum absolute atomic E-state index is 11.8. The van der Waals surface area contributed by atoms with Gasteiger partial charge in [0.15, 0.2) is 5.75 Å².